The lowest BCUT2D eigenvalue weighted by atomic mass is 9.80. The van der Waals surface area contributed by atoms with Crippen molar-refractivity contribution < 1.29 is 47.4 Å². The molecule has 5 rings (SSSR count). The number of aromatic nitrogens is 4. The highest BCUT2D eigenvalue weighted by atomic mass is 19.4. The lowest BCUT2D eigenvalue weighted by molar-refractivity contribution is -0.192. The number of nitrogens with zero attached hydrogens (tertiary/aromatic N) is 4. The van der Waals surface area contributed by atoms with Gasteiger partial charge in [0.15, 0.2) is 0 Å². The number of carboxylic acids is 3. The quantitative estimate of drug-likeness (QED) is 0.363. The van der Waals surface area contributed by atoms with Crippen LogP contribution in [0.4, 0.5) is 13.2 Å². The second-order valence-corrected chi connectivity index (χ2v) is 9.13. The van der Waals surface area contributed by atoms with Crippen LogP contribution in [0.5, 0.6) is 0 Å². The van der Waals surface area contributed by atoms with Crippen LogP contribution in [0.3, 0.4) is 0 Å². The van der Waals surface area contributed by atoms with Crippen LogP contribution in [0.15, 0.2) is 58.8 Å². The number of rotatable bonds is 4. The van der Waals surface area contributed by atoms with E-state index in [1.54, 1.807) is 4.68 Å². The molecule has 1 aliphatic carbocycles. The maximum absolute atomic E-state index is 10.8. The van der Waals surface area contributed by atoms with E-state index in [1.165, 1.54) is 25.2 Å². The van der Waals surface area contributed by atoms with E-state index < -0.39 is 29.5 Å². The maximum Gasteiger partial charge on any atom is 0.490 e. The summed E-state index contributed by atoms with van der Waals surface area (Å²) in [4.78, 5) is 34.8. The van der Waals surface area contributed by atoms with Crippen molar-refractivity contribution in [3.05, 3.63) is 60.2 Å². The van der Waals surface area contributed by atoms with Gasteiger partial charge < -0.3 is 25.2 Å². The van der Waals surface area contributed by atoms with Gasteiger partial charge in [0.05, 0.1) is 17.1 Å². The van der Waals surface area contributed by atoms with Crippen LogP contribution < -0.4 is 5.32 Å². The van der Waals surface area contributed by atoms with E-state index in [9.17, 15) is 22.8 Å². The molecule has 1 atom stereocenters. The molecule has 1 aromatic carbocycles. The van der Waals surface area contributed by atoms with Gasteiger partial charge in [-0.2, -0.15) is 27.9 Å². The van der Waals surface area contributed by atoms with Gasteiger partial charge in [0.1, 0.15) is 0 Å². The molecule has 1 fully saturated rings. The average molecular weight is 566 g/mol. The minimum atomic E-state index is -5.08. The first-order valence-electron chi connectivity index (χ1n) is 11.9. The number of aliphatic carboxylic acids is 3. The third-order valence-corrected chi connectivity index (χ3v) is 6.11. The van der Waals surface area contributed by atoms with E-state index in [2.05, 4.69) is 20.6 Å². The Bertz CT molecular complexity index is 1420. The number of para-hydroxylation sites is 1. The number of carboxylic acid groups (broad SMARTS) is 3. The van der Waals surface area contributed by atoms with Gasteiger partial charge in [-0.15, -0.1) is 0 Å². The summed E-state index contributed by atoms with van der Waals surface area (Å²) >= 11 is 0. The molecule has 0 radical (unpaired) electrons. The van der Waals surface area contributed by atoms with E-state index in [0.29, 0.717) is 11.9 Å². The first-order valence-corrected chi connectivity index (χ1v) is 11.9. The topological polar surface area (TPSA) is 181 Å². The maximum atomic E-state index is 10.8. The number of piperidine rings is 1. The number of halogens is 3. The number of carbonyl (C=O) groups is 3. The van der Waals surface area contributed by atoms with Crippen molar-refractivity contribution in [1.82, 2.24) is 25.2 Å². The molecule has 40 heavy (non-hydrogen) atoms. The second kappa shape index (κ2) is 12.5. The Morgan fingerprint density at radius 2 is 1.77 bits per heavy atom. The zero-order valence-electron chi connectivity index (χ0n) is 21.1. The van der Waals surface area contributed by atoms with Crippen LogP contribution in [0.25, 0.3) is 16.9 Å². The third kappa shape index (κ3) is 7.53. The predicted octanol–water partition coefficient (Wildman–Crippen LogP) is 3.56. The first-order chi connectivity index (χ1) is 18.8. The molecule has 214 valence electrons. The molecule has 15 heteroatoms. The minimum absolute atomic E-state index is 0.0359. The van der Waals surface area contributed by atoms with Gasteiger partial charge in [-0.25, -0.2) is 9.59 Å². The van der Waals surface area contributed by atoms with Gasteiger partial charge in [0.2, 0.25) is 5.89 Å². The van der Waals surface area contributed by atoms with E-state index in [-0.39, 0.29) is 12.0 Å². The third-order valence-electron chi connectivity index (χ3n) is 6.11. The summed E-state index contributed by atoms with van der Waals surface area (Å²) in [6, 6.07) is 7.99. The molecule has 4 N–H and O–H groups in total. The number of benzene rings is 1. The van der Waals surface area contributed by atoms with Crippen LogP contribution in [-0.4, -0.2) is 72.4 Å². The number of fused-ring (bicyclic) bond motifs is 1. The lowest BCUT2D eigenvalue weighted by Crippen LogP contribution is -2.28. The molecule has 1 saturated heterocycles. The molecule has 1 unspecified atom stereocenters. The Labute approximate surface area is 224 Å². The molecule has 2 aliphatic rings. The molecule has 2 aromatic heterocycles. The number of allylic oxidation sites excluding steroid dienone is 2. The Kier molecular flexibility index (Phi) is 9.42. The molecular formula is C25H26F3N5O7. The summed E-state index contributed by atoms with van der Waals surface area (Å²) in [5.41, 5.74) is 0.0419. The van der Waals surface area contributed by atoms with E-state index in [1.807, 2.05) is 30.5 Å². The van der Waals surface area contributed by atoms with Gasteiger partial charge >= 0.3 is 24.1 Å². The average Bonchev–Trinajstić information content (AvgIpc) is 3.57. The standard InChI is InChI=1S/C14H15N5O.C9H10O4.C2HF3O2/c1-2-4-12-11(3-1)9-16-19(12)14-17-13(20-18-14)10-5-7-15-8-6-10;1-9(8(12)13)4-2-3-6(5-9)7(10)11;3-2(4,5)1(6)7/h1-4,9-10,15H,5-8H2;2-4H,5H2,1H3,(H,10,11)(H,12,13);(H,6,7). The Morgan fingerprint density at radius 1 is 1.12 bits per heavy atom. The zero-order chi connectivity index (χ0) is 29.5. The largest absolute Gasteiger partial charge is 0.490 e. The fraction of sp³-hybridized carbons (Fsp3) is 0.360. The van der Waals surface area contributed by atoms with Crippen molar-refractivity contribution in [1.29, 1.82) is 0 Å². The second-order valence-electron chi connectivity index (χ2n) is 9.13. The first kappa shape index (κ1) is 30.0. The fourth-order valence-electron chi connectivity index (χ4n) is 3.86. The summed E-state index contributed by atoms with van der Waals surface area (Å²) in [5.74, 6) is -3.22. The highest BCUT2D eigenvalue weighted by Crippen LogP contribution is 2.31. The van der Waals surface area contributed by atoms with Crippen LogP contribution in [-0.2, 0) is 14.4 Å². The van der Waals surface area contributed by atoms with Crippen molar-refractivity contribution in [3.8, 4) is 5.95 Å². The van der Waals surface area contributed by atoms with Crippen LogP contribution in [0, 0.1) is 5.41 Å². The van der Waals surface area contributed by atoms with Gasteiger partial charge in [0.25, 0.3) is 5.95 Å². The summed E-state index contributed by atoms with van der Waals surface area (Å²) in [5, 5.41) is 37.4. The molecule has 12 nitrogen and oxygen atoms in total. The molecule has 1 aliphatic heterocycles. The Hall–Kier alpha value is -4.53. The van der Waals surface area contributed by atoms with E-state index >= 15 is 0 Å². The summed E-state index contributed by atoms with van der Waals surface area (Å²) < 4.78 is 38.9. The summed E-state index contributed by atoms with van der Waals surface area (Å²) in [6.07, 6.45) is 3.25. The van der Waals surface area contributed by atoms with Gasteiger partial charge in [-0.3, -0.25) is 4.79 Å². The van der Waals surface area contributed by atoms with Crippen molar-refractivity contribution in [2.45, 2.75) is 38.3 Å². The van der Waals surface area contributed by atoms with Crippen LogP contribution in [0.1, 0.15) is 38.0 Å². The van der Waals surface area contributed by atoms with Gasteiger partial charge in [0, 0.05) is 16.9 Å². The van der Waals surface area contributed by atoms with Crippen molar-refractivity contribution >= 4 is 28.8 Å². The van der Waals surface area contributed by atoms with Crippen molar-refractivity contribution in [2.75, 3.05) is 13.1 Å². The van der Waals surface area contributed by atoms with Crippen molar-refractivity contribution in [3.63, 3.8) is 0 Å². The van der Waals surface area contributed by atoms with Crippen molar-refractivity contribution in [2.24, 2.45) is 5.41 Å². The fourth-order valence-corrected chi connectivity index (χ4v) is 3.86. The molecular weight excluding hydrogens is 539 g/mol. The normalized spacial score (nSPS) is 19.1. The number of hydrogen-bond donors (Lipinski definition) is 4. The molecule has 0 spiro atoms. The predicted molar refractivity (Wildman–Crippen MR) is 133 cm³/mol. The SMILES string of the molecule is CC1(C(=O)O)C=CC=C(C(=O)O)C1.O=C(O)C(F)(F)F.c1ccc2c(c1)cnn2-c1noc(C2CCNCC2)n1. The van der Waals surface area contributed by atoms with Crippen LogP contribution >= 0.6 is 0 Å². The highest BCUT2D eigenvalue weighted by molar-refractivity contribution is 5.90. The Balaban J connectivity index is 0.000000190. The zero-order valence-corrected chi connectivity index (χ0v) is 21.1. The molecule has 0 saturated carbocycles. The number of hydrogen-bond acceptors (Lipinski definition) is 8. The summed E-state index contributed by atoms with van der Waals surface area (Å²) in [6.45, 7) is 3.52. The smallest absolute Gasteiger partial charge is 0.481 e. The van der Waals surface area contributed by atoms with Crippen LogP contribution in [0.2, 0.25) is 0 Å². The molecule has 3 heterocycles. The molecule has 0 bridgehead atoms. The molecule has 0 amide bonds. The molecule has 3 aromatic rings. The summed E-state index contributed by atoms with van der Waals surface area (Å²) in [7, 11) is 0. The Morgan fingerprint density at radius 3 is 2.38 bits per heavy atom. The lowest BCUT2D eigenvalue weighted by Gasteiger charge is -2.23. The van der Waals surface area contributed by atoms with E-state index in [4.69, 9.17) is 24.6 Å². The van der Waals surface area contributed by atoms with Gasteiger partial charge in [-0.05, 0) is 50.5 Å². The number of alkyl halides is 3. The number of nitrogens with one attached hydrogen (secondary N) is 1. The minimum Gasteiger partial charge on any atom is -0.481 e. The highest BCUT2D eigenvalue weighted by Gasteiger charge is 2.38. The van der Waals surface area contributed by atoms with E-state index in [0.717, 1.165) is 42.7 Å². The van der Waals surface area contributed by atoms with Gasteiger partial charge in [-0.1, -0.05) is 36.4 Å². The monoisotopic (exact) mass is 565 g/mol.